The van der Waals surface area contributed by atoms with E-state index in [2.05, 4.69) is 30.7 Å². The first-order chi connectivity index (χ1) is 30.7. The largest absolute Gasteiger partial charge is 0.490 e. The number of thiophene rings is 1. The van der Waals surface area contributed by atoms with Gasteiger partial charge < -0.3 is 28.4 Å². The Morgan fingerprint density at radius 3 is 2.35 bits per heavy atom. The van der Waals surface area contributed by atoms with Gasteiger partial charge in [-0.2, -0.15) is 8.42 Å². The normalized spacial score (nSPS) is 16.9. The molecule has 0 unspecified atom stereocenters. The quantitative estimate of drug-likeness (QED) is 0.0386. The molecule has 0 amide bonds. The zero-order valence-corrected chi connectivity index (χ0v) is 42.4. The van der Waals surface area contributed by atoms with E-state index >= 15 is 0 Å². The number of carbonyl (C=O) groups is 1. The molecule has 3 aliphatic rings. The minimum Gasteiger partial charge on any atom is -0.490 e. The fraction of sp³-hybridized carbons (Fsp3) is 0.438. The molecule has 0 radical (unpaired) electrons. The molecular weight excluding hydrogens is 928 g/mol. The van der Waals surface area contributed by atoms with Gasteiger partial charge in [0, 0.05) is 37.1 Å². The Hall–Kier alpha value is -4.22. The van der Waals surface area contributed by atoms with Crippen LogP contribution in [0.15, 0.2) is 59.8 Å². The molecule has 65 heavy (non-hydrogen) atoms. The minimum absolute atomic E-state index is 0.00799. The Labute approximate surface area is 396 Å². The summed E-state index contributed by atoms with van der Waals surface area (Å²) in [6.07, 6.45) is 4.10. The summed E-state index contributed by atoms with van der Waals surface area (Å²) in [5.41, 5.74) is 4.50. The lowest BCUT2D eigenvalue weighted by atomic mass is 9.91. The van der Waals surface area contributed by atoms with Crippen LogP contribution in [-0.2, 0) is 35.0 Å². The average molecular weight is 984 g/mol. The standard InChI is InChI=1S/C48H56Cl2N2O10S2Si/c1-28-14-17-35(18-15-28)64(54,55)59-25-34-24-57-33-16-19-36(58-27-56-20-21-65(7,8)9)32(22-33)23-37(47(53)62-48(4,5)6)61-45-40-39(38-29(2)41(49)43(60-34)42(50)30(38)3)44(31-12-10-11-13-31)63-46(40)52-26-51-45/h12,14-19,22,26,34,37H,10-11,13,20-21,23-25,27H2,1-9H3/t34-,37+/m0/s1. The molecule has 0 saturated heterocycles. The van der Waals surface area contributed by atoms with Crippen molar-refractivity contribution in [3.05, 3.63) is 92.0 Å². The number of nitrogens with zero attached hydrogens (tertiary/aromatic N) is 2. The fourth-order valence-electron chi connectivity index (χ4n) is 7.53. The lowest BCUT2D eigenvalue weighted by Gasteiger charge is -2.25. The highest BCUT2D eigenvalue weighted by Crippen LogP contribution is 2.53. The molecule has 2 aromatic heterocycles. The minimum atomic E-state index is -4.22. The van der Waals surface area contributed by atoms with E-state index in [1.54, 1.807) is 51.1 Å². The first kappa shape index (κ1) is 48.7. The van der Waals surface area contributed by atoms with Crippen LogP contribution in [0.2, 0.25) is 35.7 Å². The summed E-state index contributed by atoms with van der Waals surface area (Å²) in [7, 11) is -5.58. The van der Waals surface area contributed by atoms with Gasteiger partial charge in [-0.05, 0) is 119 Å². The number of fused-ring (bicyclic) bond motifs is 7. The van der Waals surface area contributed by atoms with Crippen LogP contribution in [0.3, 0.4) is 0 Å². The molecule has 0 saturated carbocycles. The maximum Gasteiger partial charge on any atom is 0.348 e. The molecular formula is C48H56Cl2N2O10S2Si. The Bertz CT molecular complexity index is 2680. The zero-order valence-electron chi connectivity index (χ0n) is 38.3. The van der Waals surface area contributed by atoms with Crippen molar-refractivity contribution < 1.29 is 45.8 Å². The lowest BCUT2D eigenvalue weighted by molar-refractivity contribution is -0.163. The van der Waals surface area contributed by atoms with Gasteiger partial charge in [-0.15, -0.1) is 11.3 Å². The van der Waals surface area contributed by atoms with Crippen molar-refractivity contribution in [1.82, 2.24) is 9.97 Å². The third-order valence-corrected chi connectivity index (χ3v) is 16.0. The van der Waals surface area contributed by atoms with Crippen molar-refractivity contribution in [2.24, 2.45) is 0 Å². The third kappa shape index (κ3) is 11.7. The number of halogens is 2. The van der Waals surface area contributed by atoms with E-state index in [0.717, 1.165) is 52.4 Å². The Kier molecular flexibility index (Phi) is 14.9. The van der Waals surface area contributed by atoms with Gasteiger partial charge in [0.2, 0.25) is 12.0 Å². The van der Waals surface area contributed by atoms with E-state index in [9.17, 15) is 13.2 Å². The second-order valence-electron chi connectivity index (χ2n) is 18.6. The smallest absolute Gasteiger partial charge is 0.348 e. The number of rotatable bonds is 12. The average Bonchev–Trinajstić information content (AvgIpc) is 3.91. The zero-order chi connectivity index (χ0) is 46.8. The Morgan fingerprint density at radius 1 is 0.969 bits per heavy atom. The van der Waals surface area contributed by atoms with E-state index in [1.807, 2.05) is 20.8 Å². The fourth-order valence-corrected chi connectivity index (χ4v) is 10.9. The van der Waals surface area contributed by atoms with E-state index in [1.165, 1.54) is 29.8 Å². The van der Waals surface area contributed by atoms with Crippen LogP contribution in [0.4, 0.5) is 0 Å². The van der Waals surface area contributed by atoms with Crippen molar-refractivity contribution in [1.29, 1.82) is 0 Å². The van der Waals surface area contributed by atoms with E-state index in [-0.39, 0.29) is 46.4 Å². The van der Waals surface area contributed by atoms with Crippen molar-refractivity contribution in [3.63, 3.8) is 0 Å². The van der Waals surface area contributed by atoms with E-state index in [0.29, 0.717) is 45.0 Å². The first-order valence-corrected chi connectivity index (χ1v) is 28.3. The molecule has 5 aromatic rings. The van der Waals surface area contributed by atoms with Crippen molar-refractivity contribution in [3.8, 4) is 34.3 Å². The van der Waals surface area contributed by atoms with E-state index < -0.39 is 48.6 Å². The summed E-state index contributed by atoms with van der Waals surface area (Å²) in [6, 6.07) is 12.5. The molecule has 0 spiro atoms. The number of aromatic nitrogens is 2. The molecule has 348 valence electrons. The molecule has 8 rings (SSSR count). The second kappa shape index (κ2) is 19.9. The summed E-state index contributed by atoms with van der Waals surface area (Å²) < 4.78 is 70.5. The maximum atomic E-state index is 14.3. The third-order valence-electron chi connectivity index (χ3n) is 10.9. The highest BCUT2D eigenvalue weighted by Gasteiger charge is 2.34. The summed E-state index contributed by atoms with van der Waals surface area (Å²) in [4.78, 5) is 25.3. The molecule has 2 aliphatic heterocycles. The van der Waals surface area contributed by atoms with Crippen LogP contribution in [0, 0.1) is 20.8 Å². The summed E-state index contributed by atoms with van der Waals surface area (Å²) >= 11 is 16.1. The lowest BCUT2D eigenvalue weighted by Crippen LogP contribution is -2.37. The molecule has 3 aromatic carbocycles. The summed E-state index contributed by atoms with van der Waals surface area (Å²) in [5, 5.41) is 1.000. The molecule has 17 heteroatoms. The Balaban J connectivity index is 1.39. The molecule has 0 N–H and O–H groups in total. The van der Waals surface area contributed by atoms with Gasteiger partial charge in [0.25, 0.3) is 10.1 Å². The number of allylic oxidation sites excluding steroid dienone is 2. The van der Waals surface area contributed by atoms with Crippen molar-refractivity contribution in [2.45, 2.75) is 116 Å². The number of ether oxygens (including phenoxy) is 6. The Morgan fingerprint density at radius 2 is 1.69 bits per heavy atom. The second-order valence-corrected chi connectivity index (χ2v) is 27.6. The van der Waals surface area contributed by atoms with E-state index in [4.69, 9.17) is 60.8 Å². The van der Waals surface area contributed by atoms with Crippen molar-refractivity contribution >= 4 is 74.5 Å². The molecule has 2 atom stereocenters. The van der Waals surface area contributed by atoms with Gasteiger partial charge in [-0.3, -0.25) is 4.18 Å². The van der Waals surface area contributed by atoms with Gasteiger partial charge in [0.15, 0.2) is 18.6 Å². The summed E-state index contributed by atoms with van der Waals surface area (Å²) in [6.45, 7) is 17.7. The highest BCUT2D eigenvalue weighted by atomic mass is 35.5. The molecule has 1 aliphatic carbocycles. The topological polar surface area (TPSA) is 142 Å². The summed E-state index contributed by atoms with van der Waals surface area (Å²) in [5.74, 6) is 0.480. The van der Waals surface area contributed by atoms with Gasteiger partial charge in [-0.1, -0.05) is 66.6 Å². The molecule has 4 bridgehead atoms. The molecule has 12 nitrogen and oxygen atoms in total. The molecule has 4 heterocycles. The SMILES string of the molecule is Cc1ccc(S(=O)(=O)OC[C@@H]2COc3ccc(OCOCC[Si](C)(C)C)c(c3)C[C@H](C(=O)OC(C)(C)C)Oc3ncnc4sc(C5=CCCC5)c(c34)-c3c(C)c(Cl)c(c(Cl)c3C)O2)cc1. The maximum absolute atomic E-state index is 14.3. The monoisotopic (exact) mass is 982 g/mol. The number of hydrogen-bond donors (Lipinski definition) is 0. The van der Waals surface area contributed by atoms with Gasteiger partial charge in [0.05, 0.1) is 20.3 Å². The predicted molar refractivity (Wildman–Crippen MR) is 258 cm³/mol. The number of hydrogen-bond acceptors (Lipinski definition) is 13. The van der Waals surface area contributed by atoms with Gasteiger partial charge >= 0.3 is 5.97 Å². The van der Waals surface area contributed by atoms with Crippen LogP contribution in [0.5, 0.6) is 23.1 Å². The van der Waals surface area contributed by atoms with Gasteiger partial charge in [0.1, 0.15) is 41.5 Å². The van der Waals surface area contributed by atoms with Crippen molar-refractivity contribution in [2.75, 3.05) is 26.6 Å². The van der Waals surface area contributed by atoms with Crippen LogP contribution >= 0.6 is 34.5 Å². The number of carbonyl (C=O) groups excluding carboxylic acids is 1. The first-order valence-electron chi connectivity index (χ1n) is 21.6. The van der Waals surface area contributed by atoms with Crippen LogP contribution in [0.25, 0.3) is 26.9 Å². The van der Waals surface area contributed by atoms with Crippen LogP contribution in [0.1, 0.15) is 67.2 Å². The van der Waals surface area contributed by atoms with Crippen LogP contribution in [-0.4, -0.2) is 76.9 Å². The highest BCUT2D eigenvalue weighted by molar-refractivity contribution is 7.86. The predicted octanol–water partition coefficient (Wildman–Crippen LogP) is 11.7. The van der Waals surface area contributed by atoms with Crippen LogP contribution < -0.4 is 18.9 Å². The number of benzene rings is 3. The number of aryl methyl sites for hydroxylation is 1. The molecule has 0 fully saturated rings. The number of esters is 1. The van der Waals surface area contributed by atoms with Gasteiger partial charge in [-0.25, -0.2) is 14.8 Å².